The van der Waals surface area contributed by atoms with Gasteiger partial charge >= 0.3 is 0 Å². The molecular weight excluding hydrogens is 460 g/mol. The Labute approximate surface area is 222 Å². The van der Waals surface area contributed by atoms with Crippen molar-refractivity contribution in [3.05, 3.63) is 82.2 Å². The first-order valence-electron chi connectivity index (χ1n) is 13.3. The highest BCUT2D eigenvalue weighted by atomic mass is 16.3. The van der Waals surface area contributed by atoms with Crippen molar-refractivity contribution in [1.82, 2.24) is 0 Å². The summed E-state index contributed by atoms with van der Waals surface area (Å²) in [5.74, 6) is -1.77. The molecule has 3 rings (SSSR count). The van der Waals surface area contributed by atoms with Crippen LogP contribution in [0.25, 0.3) is 0 Å². The van der Waals surface area contributed by atoms with Crippen molar-refractivity contribution in [2.24, 2.45) is 22.2 Å². The molecule has 0 radical (unpaired) electrons. The van der Waals surface area contributed by atoms with E-state index >= 15 is 0 Å². The highest BCUT2D eigenvalue weighted by molar-refractivity contribution is 6.36. The number of aliphatic hydroxyl groups is 1. The summed E-state index contributed by atoms with van der Waals surface area (Å²) < 4.78 is 0. The van der Waals surface area contributed by atoms with Crippen LogP contribution in [0.15, 0.2) is 76.6 Å². The Balaban J connectivity index is 2.45. The van der Waals surface area contributed by atoms with E-state index < -0.39 is 33.6 Å². The van der Waals surface area contributed by atoms with E-state index in [-0.39, 0.29) is 30.1 Å². The van der Waals surface area contributed by atoms with Gasteiger partial charge in [-0.05, 0) is 78.6 Å². The Bertz CT molecular complexity index is 1210. The zero-order chi connectivity index (χ0) is 27.8. The first-order valence-corrected chi connectivity index (χ1v) is 13.3. The summed E-state index contributed by atoms with van der Waals surface area (Å²) in [5.41, 5.74) is -0.517. The number of rotatable bonds is 8. The molecule has 0 saturated heterocycles. The van der Waals surface area contributed by atoms with Gasteiger partial charge in [-0.2, -0.15) is 0 Å². The number of Topliss-reactive ketones (excluding diaryl/α,β-unsaturated/α-hetero) is 3. The molecule has 37 heavy (non-hydrogen) atoms. The van der Waals surface area contributed by atoms with Crippen LogP contribution in [0.2, 0.25) is 0 Å². The summed E-state index contributed by atoms with van der Waals surface area (Å²) >= 11 is 0. The second kappa shape index (κ2) is 10.4. The van der Waals surface area contributed by atoms with Crippen molar-refractivity contribution < 1.29 is 19.5 Å². The van der Waals surface area contributed by atoms with Gasteiger partial charge < -0.3 is 5.11 Å². The molecule has 0 aromatic heterocycles. The van der Waals surface area contributed by atoms with E-state index in [9.17, 15) is 19.5 Å². The third-order valence-electron chi connectivity index (χ3n) is 8.47. The van der Waals surface area contributed by atoms with Crippen LogP contribution in [0.4, 0.5) is 0 Å². The summed E-state index contributed by atoms with van der Waals surface area (Å²) in [6.45, 7) is 15.6. The first-order chi connectivity index (χ1) is 17.2. The van der Waals surface area contributed by atoms with Crippen molar-refractivity contribution in [2.45, 2.75) is 81.1 Å². The Morgan fingerprint density at radius 1 is 0.919 bits per heavy atom. The van der Waals surface area contributed by atoms with E-state index in [2.05, 4.69) is 6.08 Å². The van der Waals surface area contributed by atoms with Crippen molar-refractivity contribution in [3.63, 3.8) is 0 Å². The molecule has 1 N–H and O–H groups in total. The van der Waals surface area contributed by atoms with Gasteiger partial charge in [0.1, 0.15) is 5.76 Å². The molecule has 0 heterocycles. The molecule has 1 aromatic carbocycles. The number of ketones is 3. The van der Waals surface area contributed by atoms with E-state index in [0.717, 1.165) is 16.7 Å². The zero-order valence-corrected chi connectivity index (χ0v) is 23.7. The average Bonchev–Trinajstić information content (AvgIpc) is 2.82. The molecule has 0 amide bonds. The molecule has 1 fully saturated rings. The van der Waals surface area contributed by atoms with Gasteiger partial charge in [-0.1, -0.05) is 79.1 Å². The van der Waals surface area contributed by atoms with Gasteiger partial charge in [0.25, 0.3) is 0 Å². The van der Waals surface area contributed by atoms with Crippen molar-refractivity contribution in [3.8, 4) is 0 Å². The molecule has 2 unspecified atom stereocenters. The van der Waals surface area contributed by atoms with Gasteiger partial charge in [-0.15, -0.1) is 0 Å². The van der Waals surface area contributed by atoms with Gasteiger partial charge in [-0.3, -0.25) is 14.4 Å². The maximum atomic E-state index is 14.8. The van der Waals surface area contributed by atoms with Gasteiger partial charge in [0, 0.05) is 11.1 Å². The fourth-order valence-electron chi connectivity index (χ4n) is 6.16. The Morgan fingerprint density at radius 3 is 2.03 bits per heavy atom. The third-order valence-corrected chi connectivity index (χ3v) is 8.47. The van der Waals surface area contributed by atoms with Crippen LogP contribution in [0.3, 0.4) is 0 Å². The molecule has 2 bridgehead atoms. The summed E-state index contributed by atoms with van der Waals surface area (Å²) in [5, 5.41) is 11.8. The SMILES string of the molecule is CC(C)=CCC1=C(O)C2(CC=C(C)C)CC(CC=C(C)C)C(C)(C)[C@](C(=O)c3ccccc3)(C1=O)C2=O. The maximum Gasteiger partial charge on any atom is 0.184 e. The van der Waals surface area contributed by atoms with E-state index in [1.807, 2.05) is 73.6 Å². The zero-order valence-electron chi connectivity index (χ0n) is 23.7. The highest BCUT2D eigenvalue weighted by Gasteiger charge is 2.74. The molecular formula is C33H42O4. The van der Waals surface area contributed by atoms with E-state index in [4.69, 9.17) is 0 Å². The summed E-state index contributed by atoms with van der Waals surface area (Å²) in [6.07, 6.45) is 7.41. The van der Waals surface area contributed by atoms with Gasteiger partial charge in [-0.25, -0.2) is 0 Å². The van der Waals surface area contributed by atoms with E-state index in [1.54, 1.807) is 24.3 Å². The summed E-state index contributed by atoms with van der Waals surface area (Å²) in [4.78, 5) is 43.9. The molecule has 1 saturated carbocycles. The monoisotopic (exact) mass is 502 g/mol. The van der Waals surface area contributed by atoms with Gasteiger partial charge in [0.05, 0.1) is 5.41 Å². The highest BCUT2D eigenvalue weighted by Crippen LogP contribution is 2.66. The number of aliphatic hydroxyl groups excluding tert-OH is 1. The second-order valence-corrected chi connectivity index (χ2v) is 12.1. The van der Waals surface area contributed by atoms with E-state index in [1.165, 1.54) is 0 Å². The van der Waals surface area contributed by atoms with E-state index in [0.29, 0.717) is 18.4 Å². The van der Waals surface area contributed by atoms with Gasteiger partial charge in [0.15, 0.2) is 22.8 Å². The molecule has 2 aliphatic rings. The second-order valence-electron chi connectivity index (χ2n) is 12.1. The fourth-order valence-corrected chi connectivity index (χ4v) is 6.16. The number of fused-ring (bicyclic) bond motifs is 2. The lowest BCUT2D eigenvalue weighted by Crippen LogP contribution is -2.69. The quantitative estimate of drug-likeness (QED) is 0.223. The predicted octanol–water partition coefficient (Wildman–Crippen LogP) is 7.92. The lowest BCUT2D eigenvalue weighted by molar-refractivity contribution is -0.164. The molecule has 0 spiro atoms. The largest absolute Gasteiger partial charge is 0.511 e. The maximum absolute atomic E-state index is 14.8. The molecule has 2 aliphatic carbocycles. The number of hydrogen-bond acceptors (Lipinski definition) is 4. The number of hydrogen-bond donors (Lipinski definition) is 1. The minimum atomic E-state index is -1.92. The molecule has 4 heteroatoms. The van der Waals surface area contributed by atoms with Crippen molar-refractivity contribution in [2.75, 3.05) is 0 Å². The van der Waals surface area contributed by atoms with Crippen LogP contribution in [0, 0.1) is 22.2 Å². The standard InChI is InChI=1S/C33H42O4/c1-21(2)14-16-25-20-32(19-18-23(5)6)28(35)26(17-15-22(3)4)29(36)33(30(32)37,31(25,7)8)27(34)24-12-10-9-11-13-24/h9-15,18,25,35H,16-17,19-20H2,1-8H3/t25?,32?,33-/m1/s1. The lowest BCUT2D eigenvalue weighted by Gasteiger charge is -2.59. The van der Waals surface area contributed by atoms with Crippen LogP contribution in [0.5, 0.6) is 0 Å². The number of carbonyl (C=O) groups is 3. The molecule has 0 aliphatic heterocycles. The van der Waals surface area contributed by atoms with Crippen LogP contribution in [-0.4, -0.2) is 22.5 Å². The van der Waals surface area contributed by atoms with Crippen LogP contribution in [0.1, 0.15) is 91.4 Å². The lowest BCUT2D eigenvalue weighted by atomic mass is 9.39. The topological polar surface area (TPSA) is 71.4 Å². The van der Waals surface area contributed by atoms with Gasteiger partial charge in [0.2, 0.25) is 0 Å². The molecule has 1 aromatic rings. The number of benzene rings is 1. The third kappa shape index (κ3) is 4.60. The smallest absolute Gasteiger partial charge is 0.184 e. The Morgan fingerprint density at radius 2 is 1.49 bits per heavy atom. The number of carbonyl (C=O) groups excluding carboxylic acids is 3. The van der Waals surface area contributed by atoms with Crippen LogP contribution >= 0.6 is 0 Å². The predicted molar refractivity (Wildman–Crippen MR) is 149 cm³/mol. The molecule has 198 valence electrons. The number of allylic oxidation sites excluding steroid dienone is 8. The molecule has 3 atom stereocenters. The minimum absolute atomic E-state index is 0.147. The van der Waals surface area contributed by atoms with Crippen LogP contribution < -0.4 is 0 Å². The van der Waals surface area contributed by atoms with Crippen molar-refractivity contribution in [1.29, 1.82) is 0 Å². The normalized spacial score (nSPS) is 26.4. The summed E-state index contributed by atoms with van der Waals surface area (Å²) in [6, 6.07) is 8.68. The average molecular weight is 503 g/mol. The van der Waals surface area contributed by atoms with Crippen LogP contribution in [-0.2, 0) is 9.59 Å². The van der Waals surface area contributed by atoms with Crippen molar-refractivity contribution >= 4 is 17.3 Å². The molecule has 4 nitrogen and oxygen atoms in total. The fraction of sp³-hybridized carbons (Fsp3) is 0.485. The summed E-state index contributed by atoms with van der Waals surface area (Å²) in [7, 11) is 0. The minimum Gasteiger partial charge on any atom is -0.511 e. The Kier molecular flexibility index (Phi) is 8.02. The Hall–Kier alpha value is -3.01. The first kappa shape index (κ1) is 28.6.